The van der Waals surface area contributed by atoms with Crippen LogP contribution in [0.2, 0.25) is 0 Å². The zero-order valence-electron chi connectivity index (χ0n) is 2.20. The molecule has 4 heteroatoms. The van der Waals surface area contributed by atoms with Crippen LogP contribution in [0.5, 0.6) is 0 Å². The van der Waals surface area contributed by atoms with Crippen LogP contribution in [0.25, 0.3) is 0 Å². The van der Waals surface area contributed by atoms with E-state index in [1.54, 1.807) is 0 Å². The Balaban J connectivity index is 0. The van der Waals surface area contributed by atoms with Crippen molar-refractivity contribution in [2.75, 3.05) is 0 Å². The van der Waals surface area contributed by atoms with Crippen LogP contribution in [-0.4, -0.2) is 5.24 Å². The van der Waals surface area contributed by atoms with Gasteiger partial charge in [0.25, 0.3) is 0 Å². The monoisotopic (exact) mass is 183 g/mol. The maximum absolute atomic E-state index is 9.04. The molecule has 0 aliphatic heterocycles. The Morgan fingerprint density at radius 1 is 1.80 bits per heavy atom. The van der Waals surface area contributed by atoms with Crippen molar-refractivity contribution in [3.05, 3.63) is 0 Å². The molecule has 1 amide bonds. The summed E-state index contributed by atoms with van der Waals surface area (Å²) in [6.45, 7) is 0. The molecule has 0 atom stereocenters. The smallest absolute Gasteiger partial charge is 0.719 e. The third-order valence-corrected chi connectivity index (χ3v) is 0. The SMILES string of the molecule is NC(=O)[S-].[Ag+]. The maximum atomic E-state index is 9.04. The van der Waals surface area contributed by atoms with E-state index in [1.165, 1.54) is 0 Å². The van der Waals surface area contributed by atoms with Gasteiger partial charge in [0.15, 0.2) is 0 Å². The third kappa shape index (κ3) is 141. The predicted octanol–water partition coefficient (Wildman–Crippen LogP) is -0.390. The van der Waals surface area contributed by atoms with Crippen LogP contribution in [0, 0.1) is 0 Å². The van der Waals surface area contributed by atoms with E-state index < -0.39 is 5.24 Å². The average molecular weight is 184 g/mol. The Kier molecular flexibility index (Phi) is 8.03. The van der Waals surface area contributed by atoms with Crippen LogP contribution in [0.15, 0.2) is 0 Å². The normalized spacial score (nSPS) is 4.80. The second kappa shape index (κ2) is 4.43. The molecule has 0 radical (unpaired) electrons. The fourth-order valence-electron chi connectivity index (χ4n) is 0. The van der Waals surface area contributed by atoms with E-state index in [0.29, 0.717) is 0 Å². The van der Waals surface area contributed by atoms with Crippen molar-refractivity contribution in [1.82, 2.24) is 0 Å². The fraction of sp³-hybridized carbons (Fsp3) is 0. The van der Waals surface area contributed by atoms with Crippen molar-refractivity contribution in [3.63, 3.8) is 0 Å². The van der Waals surface area contributed by atoms with Crippen molar-refractivity contribution in [2.45, 2.75) is 0 Å². The Bertz CT molecular complexity index is 34.6. The van der Waals surface area contributed by atoms with E-state index in [2.05, 4.69) is 18.4 Å². The fourth-order valence-corrected chi connectivity index (χ4v) is 0. The number of rotatable bonds is 0. The van der Waals surface area contributed by atoms with Crippen molar-refractivity contribution < 1.29 is 27.2 Å². The van der Waals surface area contributed by atoms with E-state index in [9.17, 15) is 0 Å². The molecule has 0 spiro atoms. The molecule has 0 rings (SSSR count). The van der Waals surface area contributed by atoms with Gasteiger partial charge in [0.2, 0.25) is 0 Å². The minimum absolute atomic E-state index is 0. The molecule has 0 heterocycles. The molecule has 0 fully saturated rings. The van der Waals surface area contributed by atoms with Gasteiger partial charge in [-0.3, -0.25) is 0 Å². The molecule has 0 aliphatic rings. The number of hydrogen-bond donors (Lipinski definition) is 1. The molecule has 0 aliphatic carbocycles. The van der Waals surface area contributed by atoms with E-state index in [4.69, 9.17) is 4.79 Å². The second-order valence-corrected chi connectivity index (χ2v) is 0.721. The Morgan fingerprint density at radius 3 is 1.80 bits per heavy atom. The van der Waals surface area contributed by atoms with Crippen molar-refractivity contribution in [1.29, 1.82) is 0 Å². The van der Waals surface area contributed by atoms with Crippen molar-refractivity contribution in [3.8, 4) is 0 Å². The third-order valence-electron chi connectivity index (χ3n) is 0. The summed E-state index contributed by atoms with van der Waals surface area (Å²) >= 11 is 3.76. The van der Waals surface area contributed by atoms with E-state index in [1.807, 2.05) is 0 Å². The van der Waals surface area contributed by atoms with Gasteiger partial charge in [-0.15, -0.1) is 0 Å². The molecule has 0 bridgehead atoms. The molecule has 0 saturated carbocycles. The van der Waals surface area contributed by atoms with Gasteiger partial charge in [0, 0.05) is 0 Å². The Morgan fingerprint density at radius 2 is 1.80 bits per heavy atom. The molecule has 34 valence electrons. The summed E-state index contributed by atoms with van der Waals surface area (Å²) in [6.07, 6.45) is 0. The number of nitrogens with two attached hydrogens (primary N) is 1. The first kappa shape index (κ1) is 9.06. The van der Waals surface area contributed by atoms with Crippen LogP contribution in [0.4, 0.5) is 4.79 Å². The molecule has 0 saturated heterocycles. The van der Waals surface area contributed by atoms with Gasteiger partial charge in [0.05, 0.1) is 5.24 Å². The Hall–Kier alpha value is 0.430. The number of primary amides is 1. The van der Waals surface area contributed by atoms with E-state index in [-0.39, 0.29) is 22.4 Å². The van der Waals surface area contributed by atoms with Crippen LogP contribution >= 0.6 is 0 Å². The van der Waals surface area contributed by atoms with Gasteiger partial charge in [-0.1, -0.05) is 0 Å². The van der Waals surface area contributed by atoms with Gasteiger partial charge in [-0.25, -0.2) is 0 Å². The first-order valence-electron chi connectivity index (χ1n) is 0.697. The maximum Gasteiger partial charge on any atom is 1.00 e. The molecular weight excluding hydrogens is 182 g/mol. The summed E-state index contributed by atoms with van der Waals surface area (Å²) in [5.74, 6) is 0. The number of amides is 1. The van der Waals surface area contributed by atoms with Crippen molar-refractivity contribution in [2.24, 2.45) is 5.73 Å². The summed E-state index contributed by atoms with van der Waals surface area (Å²) in [5.41, 5.74) is 4.29. The zero-order chi connectivity index (χ0) is 3.58. The average Bonchev–Trinajstić information content (AvgIpc) is 0.811. The first-order valence-corrected chi connectivity index (χ1v) is 1.11. The number of carbonyl (C=O) groups is 1. The van der Waals surface area contributed by atoms with Crippen LogP contribution < -0.4 is 5.73 Å². The molecule has 5 heavy (non-hydrogen) atoms. The van der Waals surface area contributed by atoms with Crippen LogP contribution in [-0.2, 0) is 35.0 Å². The standard InChI is InChI=1S/CH3NOS.Ag/c2-1(3)4;/h(H3,2,3,4);/q;+1/p-1. The topological polar surface area (TPSA) is 43.1 Å². The number of hydrogen-bond acceptors (Lipinski definition) is 2. The van der Waals surface area contributed by atoms with Gasteiger partial charge in [-0.05, 0) is 0 Å². The van der Waals surface area contributed by atoms with Gasteiger partial charge >= 0.3 is 22.4 Å². The van der Waals surface area contributed by atoms with Crippen molar-refractivity contribution >= 4 is 17.9 Å². The van der Waals surface area contributed by atoms with Gasteiger partial charge < -0.3 is 23.2 Å². The molecular formula is CH2AgNOS. The van der Waals surface area contributed by atoms with E-state index >= 15 is 0 Å². The molecule has 0 aromatic heterocycles. The molecule has 2 N–H and O–H groups in total. The molecule has 0 unspecified atom stereocenters. The van der Waals surface area contributed by atoms with E-state index in [0.717, 1.165) is 0 Å². The summed E-state index contributed by atoms with van der Waals surface area (Å²) in [6, 6.07) is 0. The van der Waals surface area contributed by atoms with Crippen LogP contribution in [0.1, 0.15) is 0 Å². The summed E-state index contributed by atoms with van der Waals surface area (Å²) in [4.78, 5) is 9.04. The minimum Gasteiger partial charge on any atom is -0.719 e. The minimum atomic E-state index is -0.750. The summed E-state index contributed by atoms with van der Waals surface area (Å²) in [5, 5.41) is -0.750. The first-order chi connectivity index (χ1) is 1.73. The molecule has 0 aromatic rings. The summed E-state index contributed by atoms with van der Waals surface area (Å²) in [7, 11) is 0. The van der Waals surface area contributed by atoms with Gasteiger partial charge in [0.1, 0.15) is 0 Å². The zero-order valence-corrected chi connectivity index (χ0v) is 4.49. The van der Waals surface area contributed by atoms with Gasteiger partial charge in [-0.2, -0.15) is 0 Å². The summed E-state index contributed by atoms with van der Waals surface area (Å²) < 4.78 is 0. The molecule has 0 aromatic carbocycles. The largest absolute Gasteiger partial charge is 1.00 e. The van der Waals surface area contributed by atoms with Crippen LogP contribution in [0.3, 0.4) is 0 Å². The quantitative estimate of drug-likeness (QED) is 0.411. The molecule has 2 nitrogen and oxygen atoms in total. The Labute approximate surface area is 51.0 Å². The predicted molar refractivity (Wildman–Crippen MR) is 16.9 cm³/mol. The second-order valence-electron chi connectivity index (χ2n) is 0.319. The number of carbonyl (C=O) groups excluding carboxylic acids is 1.